The molecular weight excluding hydrogens is 348 g/mol. The Bertz CT molecular complexity index is 789. The number of phenols is 2. The lowest BCUT2D eigenvalue weighted by Crippen LogP contribution is -2.16. The van der Waals surface area contributed by atoms with Crippen LogP contribution in [0.15, 0.2) is 24.3 Å². The highest BCUT2D eigenvalue weighted by Gasteiger charge is 2.29. The van der Waals surface area contributed by atoms with Gasteiger partial charge in [-0.25, -0.2) is 0 Å². The minimum atomic E-state index is -0.251. The van der Waals surface area contributed by atoms with Crippen LogP contribution in [0.4, 0.5) is 11.4 Å². The summed E-state index contributed by atoms with van der Waals surface area (Å²) in [6.07, 6.45) is 1.66. The number of anilines is 2. The quantitative estimate of drug-likeness (QED) is 0.396. The first-order valence-corrected chi connectivity index (χ1v) is 10.0. The highest BCUT2D eigenvalue weighted by Crippen LogP contribution is 2.46. The van der Waals surface area contributed by atoms with Crippen LogP contribution in [0.1, 0.15) is 89.5 Å². The van der Waals surface area contributed by atoms with Crippen LogP contribution in [0.3, 0.4) is 0 Å². The molecule has 154 valence electrons. The molecule has 0 aliphatic carbocycles. The van der Waals surface area contributed by atoms with Gasteiger partial charge in [-0.3, -0.25) is 0 Å². The summed E-state index contributed by atoms with van der Waals surface area (Å²) in [7, 11) is 0. The number of phenolic OH excluding ortho intramolecular Hbond substituents is 2. The van der Waals surface area contributed by atoms with Crippen LogP contribution in [-0.4, -0.2) is 10.2 Å². The predicted molar refractivity (Wildman–Crippen MR) is 119 cm³/mol. The van der Waals surface area contributed by atoms with Crippen LogP contribution in [0.2, 0.25) is 0 Å². The second-order valence-electron chi connectivity index (χ2n) is 9.85. The molecule has 2 rings (SSSR count). The van der Waals surface area contributed by atoms with Crippen LogP contribution in [0.25, 0.3) is 0 Å². The average molecular weight is 385 g/mol. The third-order valence-electron chi connectivity index (χ3n) is 5.27. The molecule has 2 aromatic rings. The second-order valence-corrected chi connectivity index (χ2v) is 9.85. The van der Waals surface area contributed by atoms with E-state index >= 15 is 0 Å². The molecule has 0 aliphatic heterocycles. The molecule has 0 saturated heterocycles. The molecule has 0 amide bonds. The zero-order valence-electron chi connectivity index (χ0n) is 18.4. The van der Waals surface area contributed by atoms with Gasteiger partial charge in [-0.1, -0.05) is 54.9 Å². The van der Waals surface area contributed by atoms with Gasteiger partial charge in [0.25, 0.3) is 0 Å². The predicted octanol–water partition coefficient (Wildman–Crippen LogP) is 5.79. The maximum absolute atomic E-state index is 11.1. The minimum Gasteiger partial charge on any atom is -0.507 e. The van der Waals surface area contributed by atoms with E-state index in [1.54, 1.807) is 0 Å². The molecule has 6 N–H and O–H groups in total. The van der Waals surface area contributed by atoms with Gasteiger partial charge in [-0.15, -0.1) is 0 Å². The molecule has 4 nitrogen and oxygen atoms in total. The fraction of sp³-hybridized carbons (Fsp3) is 0.500. The number of nitrogens with two attached hydrogens (primary N) is 2. The van der Waals surface area contributed by atoms with E-state index in [2.05, 4.69) is 48.5 Å². The van der Waals surface area contributed by atoms with Crippen molar-refractivity contribution in [1.82, 2.24) is 0 Å². The molecule has 0 atom stereocenters. The third kappa shape index (κ3) is 4.37. The van der Waals surface area contributed by atoms with Crippen molar-refractivity contribution in [2.24, 2.45) is 0 Å². The molecule has 0 unspecified atom stereocenters. The maximum Gasteiger partial charge on any atom is 0.123 e. The Labute approximate surface area is 169 Å². The number of hydrogen-bond donors (Lipinski definition) is 4. The summed E-state index contributed by atoms with van der Waals surface area (Å²) in [5.41, 5.74) is 16.2. The van der Waals surface area contributed by atoms with Crippen LogP contribution in [0, 0.1) is 0 Å². The topological polar surface area (TPSA) is 92.5 Å². The van der Waals surface area contributed by atoms with Crippen molar-refractivity contribution < 1.29 is 10.2 Å². The van der Waals surface area contributed by atoms with Gasteiger partial charge in [0.1, 0.15) is 11.5 Å². The number of benzene rings is 2. The van der Waals surface area contributed by atoms with E-state index in [1.807, 2.05) is 24.3 Å². The summed E-state index contributed by atoms with van der Waals surface area (Å²) >= 11 is 0. The van der Waals surface area contributed by atoms with Gasteiger partial charge in [0, 0.05) is 39.5 Å². The monoisotopic (exact) mass is 384 g/mol. The molecule has 28 heavy (non-hydrogen) atoms. The molecule has 0 aliphatic rings. The lowest BCUT2D eigenvalue weighted by Gasteiger charge is -2.28. The van der Waals surface area contributed by atoms with Gasteiger partial charge >= 0.3 is 0 Å². The molecule has 0 fully saturated rings. The van der Waals surface area contributed by atoms with E-state index in [4.69, 9.17) is 11.5 Å². The molecule has 0 bridgehead atoms. The van der Waals surface area contributed by atoms with Crippen molar-refractivity contribution in [1.29, 1.82) is 0 Å². The summed E-state index contributed by atoms with van der Waals surface area (Å²) in [5, 5.41) is 22.3. The standard InChI is InChI=1S/C24H36N2O2/c1-8-9-16(17-10-14(25)12-19(21(17)27)23(2,3)4)18-11-15(26)13-20(22(18)28)24(5,6)7/h10-13,16,27-28H,8-9,25-26H2,1-7H3. The highest BCUT2D eigenvalue weighted by atomic mass is 16.3. The van der Waals surface area contributed by atoms with Crippen molar-refractivity contribution in [3.05, 3.63) is 46.5 Å². The first-order chi connectivity index (χ1) is 12.8. The zero-order chi connectivity index (χ0) is 21.4. The lowest BCUT2D eigenvalue weighted by atomic mass is 9.78. The van der Waals surface area contributed by atoms with E-state index in [0.717, 1.165) is 35.1 Å². The van der Waals surface area contributed by atoms with Crippen LogP contribution in [0.5, 0.6) is 11.5 Å². The summed E-state index contributed by atoms with van der Waals surface area (Å²) in [6.45, 7) is 14.4. The maximum atomic E-state index is 11.1. The number of rotatable bonds is 4. The molecule has 0 saturated carbocycles. The summed E-state index contributed by atoms with van der Waals surface area (Å²) in [4.78, 5) is 0. The van der Waals surface area contributed by atoms with E-state index in [1.165, 1.54) is 0 Å². The molecule has 2 aromatic carbocycles. The van der Waals surface area contributed by atoms with Gasteiger partial charge < -0.3 is 21.7 Å². The third-order valence-corrected chi connectivity index (χ3v) is 5.27. The van der Waals surface area contributed by atoms with Gasteiger partial charge in [0.2, 0.25) is 0 Å². The van der Waals surface area contributed by atoms with E-state index in [9.17, 15) is 10.2 Å². The Morgan fingerprint density at radius 1 is 0.750 bits per heavy atom. The molecule has 0 heterocycles. The average Bonchev–Trinajstić information content (AvgIpc) is 2.54. The van der Waals surface area contributed by atoms with E-state index in [0.29, 0.717) is 11.4 Å². The van der Waals surface area contributed by atoms with Crippen molar-refractivity contribution in [2.75, 3.05) is 11.5 Å². The summed E-state index contributed by atoms with van der Waals surface area (Å²) in [6, 6.07) is 7.32. The minimum absolute atomic E-state index is 0.195. The Hall–Kier alpha value is -2.36. The SMILES string of the molecule is CCCC(c1cc(N)cc(C(C)(C)C)c1O)c1cc(N)cc(C(C)(C)C)c1O. The fourth-order valence-electron chi connectivity index (χ4n) is 3.80. The van der Waals surface area contributed by atoms with Gasteiger partial charge in [-0.2, -0.15) is 0 Å². The largest absolute Gasteiger partial charge is 0.507 e. The molecule has 0 radical (unpaired) electrons. The molecule has 4 heteroatoms. The zero-order valence-corrected chi connectivity index (χ0v) is 18.4. The van der Waals surface area contributed by atoms with Crippen LogP contribution in [-0.2, 0) is 10.8 Å². The molecular formula is C24H36N2O2. The van der Waals surface area contributed by atoms with Crippen LogP contribution < -0.4 is 11.5 Å². The van der Waals surface area contributed by atoms with Crippen molar-refractivity contribution >= 4 is 11.4 Å². The van der Waals surface area contributed by atoms with Crippen molar-refractivity contribution in [3.63, 3.8) is 0 Å². The van der Waals surface area contributed by atoms with Gasteiger partial charge in [0.15, 0.2) is 0 Å². The van der Waals surface area contributed by atoms with Crippen molar-refractivity contribution in [3.8, 4) is 11.5 Å². The summed E-state index contributed by atoms with van der Waals surface area (Å²) in [5.74, 6) is 0.303. The van der Waals surface area contributed by atoms with E-state index in [-0.39, 0.29) is 28.2 Å². The lowest BCUT2D eigenvalue weighted by molar-refractivity contribution is 0.425. The Balaban J connectivity index is 2.79. The highest BCUT2D eigenvalue weighted by molar-refractivity contribution is 5.62. The Kier molecular flexibility index (Phi) is 5.93. The van der Waals surface area contributed by atoms with Gasteiger partial charge in [0.05, 0.1) is 0 Å². The Morgan fingerprint density at radius 3 is 1.39 bits per heavy atom. The van der Waals surface area contributed by atoms with Crippen molar-refractivity contribution in [2.45, 2.75) is 78.1 Å². The second kappa shape index (κ2) is 7.57. The summed E-state index contributed by atoms with van der Waals surface area (Å²) < 4.78 is 0. The number of nitrogen functional groups attached to an aromatic ring is 2. The molecule has 0 aromatic heterocycles. The first-order valence-electron chi connectivity index (χ1n) is 10.0. The van der Waals surface area contributed by atoms with Gasteiger partial charge in [-0.05, 0) is 41.5 Å². The Morgan fingerprint density at radius 2 is 1.11 bits per heavy atom. The van der Waals surface area contributed by atoms with Crippen LogP contribution >= 0.6 is 0 Å². The fourth-order valence-corrected chi connectivity index (χ4v) is 3.80. The smallest absolute Gasteiger partial charge is 0.123 e. The normalized spacial score (nSPS) is 12.6. The molecule has 0 spiro atoms. The first kappa shape index (κ1) is 21.9. The van der Waals surface area contributed by atoms with E-state index < -0.39 is 0 Å². The number of aromatic hydroxyl groups is 2. The number of hydrogen-bond acceptors (Lipinski definition) is 4.